The van der Waals surface area contributed by atoms with Crippen molar-refractivity contribution >= 4 is 30.3 Å². The molecule has 0 unspecified atom stereocenters. The molecule has 2 aromatic rings. The number of aromatic amines is 1. The largest absolute Gasteiger partial charge is 0.491 e. The summed E-state index contributed by atoms with van der Waals surface area (Å²) in [5.41, 5.74) is 7.44. The number of imidazole rings is 1. The molecule has 0 spiro atoms. The number of aromatic nitrogens is 2. The second kappa shape index (κ2) is 7.12. The molecule has 23 heavy (non-hydrogen) atoms. The van der Waals surface area contributed by atoms with E-state index in [0.717, 1.165) is 17.7 Å². The molecule has 3 rings (SSSR count). The molecule has 9 heteroatoms. The number of benzene rings is 1. The molecule has 0 bridgehead atoms. The molecule has 1 aromatic carbocycles. The maximum Gasteiger partial charge on any atom is 0.269 e. The number of nitrogens with one attached hydrogen (secondary N) is 1. The predicted molar refractivity (Wildman–Crippen MR) is 91.0 cm³/mol. The average molecular weight is 357 g/mol. The Morgan fingerprint density at radius 2 is 2.30 bits per heavy atom. The van der Waals surface area contributed by atoms with Gasteiger partial charge < -0.3 is 20.0 Å². The third kappa shape index (κ3) is 3.54. The van der Waals surface area contributed by atoms with Gasteiger partial charge in [-0.1, -0.05) is 0 Å². The first-order valence-electron chi connectivity index (χ1n) is 6.98. The summed E-state index contributed by atoms with van der Waals surface area (Å²) in [5, 5.41) is 10.9. The van der Waals surface area contributed by atoms with E-state index in [-0.39, 0.29) is 24.1 Å². The average Bonchev–Trinajstić information content (AvgIpc) is 2.87. The van der Waals surface area contributed by atoms with Crippen LogP contribution in [-0.4, -0.2) is 27.6 Å². The Hall–Kier alpha value is -1.90. The van der Waals surface area contributed by atoms with E-state index in [1.807, 2.05) is 10.8 Å². The van der Waals surface area contributed by atoms with E-state index >= 15 is 0 Å². The van der Waals surface area contributed by atoms with Crippen LogP contribution in [0.1, 0.15) is 17.3 Å². The molecule has 124 valence electrons. The van der Waals surface area contributed by atoms with Gasteiger partial charge in [-0.05, 0) is 24.8 Å². The highest BCUT2D eigenvalue weighted by molar-refractivity contribution is 7.71. The molecule has 1 aliphatic rings. The zero-order chi connectivity index (χ0) is 15.7. The van der Waals surface area contributed by atoms with Crippen LogP contribution >= 0.6 is 24.6 Å². The summed E-state index contributed by atoms with van der Waals surface area (Å²) in [6.45, 7) is 1.03. The normalized spacial score (nSPS) is 16.1. The van der Waals surface area contributed by atoms with E-state index in [9.17, 15) is 10.1 Å². The summed E-state index contributed by atoms with van der Waals surface area (Å²) >= 11 is 5.34. The number of nitro groups is 1. The summed E-state index contributed by atoms with van der Waals surface area (Å²) in [7, 11) is 0. The van der Waals surface area contributed by atoms with E-state index in [4.69, 9.17) is 22.7 Å². The summed E-state index contributed by atoms with van der Waals surface area (Å²) in [5.74, 6) is 0.700. The molecular formula is C14H17ClN4O3S. The number of H-pyrrole nitrogens is 1. The first kappa shape index (κ1) is 17.5. The molecule has 0 saturated heterocycles. The van der Waals surface area contributed by atoms with Gasteiger partial charge in [0.25, 0.3) is 5.69 Å². The molecule has 0 radical (unpaired) electrons. The fourth-order valence-electron chi connectivity index (χ4n) is 2.67. The van der Waals surface area contributed by atoms with E-state index < -0.39 is 4.92 Å². The van der Waals surface area contributed by atoms with Crippen LogP contribution in [0.15, 0.2) is 24.4 Å². The lowest BCUT2D eigenvalue weighted by molar-refractivity contribution is -0.385. The molecular weight excluding hydrogens is 340 g/mol. The van der Waals surface area contributed by atoms with Gasteiger partial charge in [0.15, 0.2) is 4.77 Å². The first-order valence-corrected chi connectivity index (χ1v) is 7.39. The van der Waals surface area contributed by atoms with Crippen molar-refractivity contribution in [2.45, 2.75) is 18.9 Å². The number of non-ortho nitro benzene ring substituents is 1. The van der Waals surface area contributed by atoms with E-state index in [0.29, 0.717) is 30.1 Å². The minimum Gasteiger partial charge on any atom is -0.491 e. The number of hydrogen-bond donors (Lipinski definition) is 2. The first-order chi connectivity index (χ1) is 10.6. The Morgan fingerprint density at radius 1 is 1.52 bits per heavy atom. The number of ether oxygens (including phenoxy) is 1. The summed E-state index contributed by atoms with van der Waals surface area (Å²) in [4.78, 5) is 13.6. The van der Waals surface area contributed by atoms with Crippen LogP contribution in [0.3, 0.4) is 0 Å². The number of halogens is 1. The number of nitrogens with zero attached hydrogens (tertiary/aromatic N) is 2. The molecule has 0 amide bonds. The molecule has 3 N–H and O–H groups in total. The topological polar surface area (TPSA) is 99.1 Å². The Balaban J connectivity index is 0.00000192. The van der Waals surface area contributed by atoms with Crippen LogP contribution in [0, 0.1) is 14.9 Å². The lowest BCUT2D eigenvalue weighted by Gasteiger charge is -2.26. The predicted octanol–water partition coefficient (Wildman–Crippen LogP) is 2.55. The second-order valence-electron chi connectivity index (χ2n) is 5.25. The fraction of sp³-hybridized carbons (Fsp3) is 0.357. The van der Waals surface area contributed by atoms with Gasteiger partial charge in [0, 0.05) is 42.4 Å². The van der Waals surface area contributed by atoms with Crippen molar-refractivity contribution in [1.82, 2.24) is 9.55 Å². The third-order valence-electron chi connectivity index (χ3n) is 3.75. The number of rotatable bonds is 4. The number of fused-ring (bicyclic) bond motifs is 1. The lowest BCUT2D eigenvalue weighted by atomic mass is 10.0. The van der Waals surface area contributed by atoms with Crippen LogP contribution in [0.4, 0.5) is 5.69 Å². The zero-order valence-corrected chi connectivity index (χ0v) is 13.9. The Kier molecular flexibility index (Phi) is 5.40. The maximum atomic E-state index is 10.9. The third-order valence-corrected chi connectivity index (χ3v) is 4.06. The van der Waals surface area contributed by atoms with Crippen LogP contribution in [0.5, 0.6) is 5.75 Å². The molecule has 1 aromatic heterocycles. The van der Waals surface area contributed by atoms with E-state index in [1.54, 1.807) is 12.1 Å². The minimum atomic E-state index is -0.398. The molecule has 7 nitrogen and oxygen atoms in total. The summed E-state index contributed by atoms with van der Waals surface area (Å²) < 4.78 is 8.28. The standard InChI is InChI=1S/C14H16N4O3S.ClH/c15-4-3-10-7-17(14(22)16-10)12-6-9-5-11(18(19)20)1-2-13(9)21-8-12;/h1-2,5,7,12H,3-4,6,8,15H2,(H,16,22);1H/t12-;/m1./s1. The van der Waals surface area contributed by atoms with Crippen molar-refractivity contribution < 1.29 is 9.66 Å². The van der Waals surface area contributed by atoms with Gasteiger partial charge in [0.1, 0.15) is 12.4 Å². The minimum absolute atomic E-state index is 0. The van der Waals surface area contributed by atoms with Gasteiger partial charge in [-0.15, -0.1) is 12.4 Å². The monoisotopic (exact) mass is 356 g/mol. The highest BCUT2D eigenvalue weighted by Gasteiger charge is 2.24. The fourth-order valence-corrected chi connectivity index (χ4v) is 3.00. The Labute approximate surface area is 144 Å². The number of nitro benzene ring substituents is 1. The Morgan fingerprint density at radius 3 is 3.00 bits per heavy atom. The van der Waals surface area contributed by atoms with Crippen molar-refractivity contribution in [3.05, 3.63) is 50.5 Å². The van der Waals surface area contributed by atoms with Crippen molar-refractivity contribution in [3.8, 4) is 5.75 Å². The van der Waals surface area contributed by atoms with Crippen molar-refractivity contribution in [1.29, 1.82) is 0 Å². The molecule has 1 atom stereocenters. The van der Waals surface area contributed by atoms with Crippen molar-refractivity contribution in [2.75, 3.05) is 13.2 Å². The van der Waals surface area contributed by atoms with E-state index in [1.165, 1.54) is 6.07 Å². The highest BCUT2D eigenvalue weighted by atomic mass is 35.5. The van der Waals surface area contributed by atoms with Crippen LogP contribution in [0.25, 0.3) is 0 Å². The number of nitrogens with two attached hydrogens (primary N) is 1. The molecule has 0 fully saturated rings. The van der Waals surface area contributed by atoms with Gasteiger partial charge in [0.2, 0.25) is 0 Å². The second-order valence-corrected chi connectivity index (χ2v) is 5.64. The molecule has 2 heterocycles. The van der Waals surface area contributed by atoms with Gasteiger partial charge in [-0.25, -0.2) is 0 Å². The van der Waals surface area contributed by atoms with Crippen LogP contribution in [-0.2, 0) is 12.8 Å². The molecule has 1 aliphatic heterocycles. The van der Waals surface area contributed by atoms with Gasteiger partial charge >= 0.3 is 0 Å². The molecule has 0 saturated carbocycles. The maximum absolute atomic E-state index is 10.9. The van der Waals surface area contributed by atoms with Crippen LogP contribution < -0.4 is 10.5 Å². The van der Waals surface area contributed by atoms with Gasteiger partial charge in [0.05, 0.1) is 11.0 Å². The number of hydrogen-bond acceptors (Lipinski definition) is 5. The lowest BCUT2D eigenvalue weighted by Crippen LogP contribution is -2.24. The smallest absolute Gasteiger partial charge is 0.269 e. The summed E-state index contributed by atoms with van der Waals surface area (Å²) in [6, 6.07) is 4.70. The highest BCUT2D eigenvalue weighted by Crippen LogP contribution is 2.32. The zero-order valence-electron chi connectivity index (χ0n) is 12.2. The van der Waals surface area contributed by atoms with Crippen molar-refractivity contribution in [2.24, 2.45) is 5.73 Å². The van der Waals surface area contributed by atoms with Crippen molar-refractivity contribution in [3.63, 3.8) is 0 Å². The molecule has 0 aliphatic carbocycles. The Bertz CT molecular complexity index is 774. The summed E-state index contributed by atoms with van der Waals surface area (Å²) in [6.07, 6.45) is 3.32. The van der Waals surface area contributed by atoms with Gasteiger partial charge in [-0.3, -0.25) is 10.1 Å². The quantitative estimate of drug-likeness (QED) is 0.498. The van der Waals surface area contributed by atoms with E-state index in [2.05, 4.69) is 4.98 Å². The van der Waals surface area contributed by atoms with Crippen LogP contribution in [0.2, 0.25) is 0 Å². The van der Waals surface area contributed by atoms with Gasteiger partial charge in [-0.2, -0.15) is 0 Å². The SMILES string of the molecule is Cl.NCCc1cn([C@H]2COc3ccc([N+](=O)[O-])cc3C2)c(=S)[nH]1.